The maximum absolute atomic E-state index is 5.67. The smallest absolute Gasteiger partial charge is 0.213 e. The van der Waals surface area contributed by atoms with Gasteiger partial charge in [-0.15, -0.1) is 0 Å². The molecule has 0 radical (unpaired) electrons. The van der Waals surface area contributed by atoms with Crippen molar-refractivity contribution in [3.05, 3.63) is 36.4 Å². The van der Waals surface area contributed by atoms with Crippen molar-refractivity contribution in [2.45, 2.75) is 13.8 Å². The average Bonchev–Trinajstić information content (AvgIpc) is 2.74. The summed E-state index contributed by atoms with van der Waals surface area (Å²) >= 11 is 0. The molecule has 0 saturated carbocycles. The van der Waals surface area contributed by atoms with Crippen LogP contribution in [0.2, 0.25) is 0 Å². The van der Waals surface area contributed by atoms with Gasteiger partial charge in [0.1, 0.15) is 0 Å². The number of hydrogen-bond acceptors (Lipinski definition) is 2. The summed E-state index contributed by atoms with van der Waals surface area (Å²) in [7, 11) is 0. The third-order valence-corrected chi connectivity index (χ3v) is 2.89. The first-order valence-electron chi connectivity index (χ1n) is 6.24. The highest BCUT2D eigenvalue weighted by molar-refractivity contribution is 6.04. The van der Waals surface area contributed by atoms with Crippen LogP contribution < -0.4 is 4.74 Å². The van der Waals surface area contributed by atoms with Gasteiger partial charge in [-0.1, -0.05) is 32.0 Å². The molecule has 18 heavy (non-hydrogen) atoms. The molecule has 0 aliphatic heterocycles. The fourth-order valence-electron chi connectivity index (χ4n) is 2.02. The lowest BCUT2D eigenvalue weighted by Gasteiger charge is -2.07. The van der Waals surface area contributed by atoms with Crippen LogP contribution in [0.15, 0.2) is 36.4 Å². The summed E-state index contributed by atoms with van der Waals surface area (Å²) in [6, 6.07) is 12.1. The quantitative estimate of drug-likeness (QED) is 0.757. The lowest BCUT2D eigenvalue weighted by Crippen LogP contribution is -2.05. The lowest BCUT2D eigenvalue weighted by atomic mass is 10.2. The second-order valence-corrected chi connectivity index (χ2v) is 4.92. The van der Waals surface area contributed by atoms with Gasteiger partial charge in [-0.05, 0) is 18.1 Å². The topological polar surface area (TPSA) is 37.9 Å². The first-order valence-corrected chi connectivity index (χ1v) is 6.24. The Morgan fingerprint density at radius 3 is 2.78 bits per heavy atom. The molecule has 92 valence electrons. The molecule has 3 nitrogen and oxygen atoms in total. The standard InChI is InChI=1S/C15H16N2O/c1-10(2)9-18-14-8-7-13-15(17-14)11-5-3-4-6-12(11)16-13/h3-8,10,16H,9H2,1-2H3. The SMILES string of the molecule is CC(C)COc1ccc2[nH]c3ccccc3c2n1. The van der Waals surface area contributed by atoms with E-state index in [0.29, 0.717) is 18.4 Å². The van der Waals surface area contributed by atoms with Crippen molar-refractivity contribution in [2.75, 3.05) is 6.61 Å². The van der Waals surface area contributed by atoms with Gasteiger partial charge >= 0.3 is 0 Å². The van der Waals surface area contributed by atoms with Crippen LogP contribution in [0.3, 0.4) is 0 Å². The normalized spacial score (nSPS) is 11.5. The van der Waals surface area contributed by atoms with E-state index in [0.717, 1.165) is 21.9 Å². The molecule has 0 aliphatic carbocycles. The van der Waals surface area contributed by atoms with Crippen molar-refractivity contribution in [1.82, 2.24) is 9.97 Å². The molecule has 3 heteroatoms. The predicted molar refractivity (Wildman–Crippen MR) is 73.9 cm³/mol. The number of benzene rings is 1. The summed E-state index contributed by atoms with van der Waals surface area (Å²) in [5.74, 6) is 1.20. The summed E-state index contributed by atoms with van der Waals surface area (Å²) in [5.41, 5.74) is 3.14. The number of para-hydroxylation sites is 1. The van der Waals surface area contributed by atoms with Crippen LogP contribution in [0.4, 0.5) is 0 Å². The van der Waals surface area contributed by atoms with Gasteiger partial charge in [0.2, 0.25) is 5.88 Å². The molecule has 1 N–H and O–H groups in total. The number of fused-ring (bicyclic) bond motifs is 3. The summed E-state index contributed by atoms with van der Waals surface area (Å²) in [6.07, 6.45) is 0. The lowest BCUT2D eigenvalue weighted by molar-refractivity contribution is 0.262. The molecule has 0 amide bonds. The van der Waals surface area contributed by atoms with E-state index in [2.05, 4.69) is 35.9 Å². The summed E-state index contributed by atoms with van der Waals surface area (Å²) in [4.78, 5) is 7.93. The van der Waals surface area contributed by atoms with E-state index >= 15 is 0 Å². The number of pyridine rings is 1. The van der Waals surface area contributed by atoms with Crippen molar-refractivity contribution in [3.63, 3.8) is 0 Å². The van der Waals surface area contributed by atoms with Crippen molar-refractivity contribution >= 4 is 21.9 Å². The maximum atomic E-state index is 5.67. The molecule has 0 bridgehead atoms. The van der Waals surface area contributed by atoms with Crippen molar-refractivity contribution in [1.29, 1.82) is 0 Å². The Morgan fingerprint density at radius 2 is 1.94 bits per heavy atom. The molecule has 0 unspecified atom stereocenters. The van der Waals surface area contributed by atoms with Gasteiger partial charge in [0.05, 0.1) is 17.6 Å². The minimum Gasteiger partial charge on any atom is -0.477 e. The fraction of sp³-hybridized carbons (Fsp3) is 0.267. The minimum absolute atomic E-state index is 0.505. The summed E-state index contributed by atoms with van der Waals surface area (Å²) < 4.78 is 5.67. The van der Waals surface area contributed by atoms with E-state index in [1.165, 1.54) is 0 Å². The third kappa shape index (κ3) is 1.92. The van der Waals surface area contributed by atoms with Crippen molar-refractivity contribution in [2.24, 2.45) is 5.92 Å². The van der Waals surface area contributed by atoms with Crippen LogP contribution in [0.1, 0.15) is 13.8 Å². The Morgan fingerprint density at radius 1 is 1.11 bits per heavy atom. The van der Waals surface area contributed by atoms with Gasteiger partial charge < -0.3 is 9.72 Å². The number of ether oxygens (including phenoxy) is 1. The van der Waals surface area contributed by atoms with E-state index in [1.54, 1.807) is 0 Å². The van der Waals surface area contributed by atoms with E-state index in [4.69, 9.17) is 4.74 Å². The largest absolute Gasteiger partial charge is 0.477 e. The number of rotatable bonds is 3. The van der Waals surface area contributed by atoms with Gasteiger partial charge in [0, 0.05) is 17.0 Å². The molecule has 2 aromatic heterocycles. The highest BCUT2D eigenvalue weighted by Gasteiger charge is 2.06. The predicted octanol–water partition coefficient (Wildman–Crippen LogP) is 3.75. The first-order chi connectivity index (χ1) is 8.74. The first kappa shape index (κ1) is 11.1. The maximum Gasteiger partial charge on any atom is 0.213 e. The molecule has 0 spiro atoms. The fourth-order valence-corrected chi connectivity index (χ4v) is 2.02. The number of aromatic amines is 1. The Kier molecular flexibility index (Phi) is 2.67. The Hall–Kier alpha value is -2.03. The van der Waals surface area contributed by atoms with E-state index < -0.39 is 0 Å². The third-order valence-electron chi connectivity index (χ3n) is 2.89. The monoisotopic (exact) mass is 240 g/mol. The molecular formula is C15H16N2O. The number of H-pyrrole nitrogens is 1. The zero-order valence-electron chi connectivity index (χ0n) is 10.6. The van der Waals surface area contributed by atoms with Crippen LogP contribution in [-0.4, -0.2) is 16.6 Å². The second kappa shape index (κ2) is 4.33. The molecule has 0 aliphatic rings. The minimum atomic E-state index is 0.505. The zero-order valence-corrected chi connectivity index (χ0v) is 10.6. The molecule has 3 aromatic rings. The average molecular weight is 240 g/mol. The van der Waals surface area contributed by atoms with Crippen LogP contribution >= 0.6 is 0 Å². The van der Waals surface area contributed by atoms with Gasteiger partial charge in [-0.2, -0.15) is 0 Å². The van der Waals surface area contributed by atoms with Crippen LogP contribution in [0.5, 0.6) is 5.88 Å². The number of hydrogen-bond donors (Lipinski definition) is 1. The Labute approximate surface area is 106 Å². The van der Waals surface area contributed by atoms with Crippen LogP contribution in [0.25, 0.3) is 21.9 Å². The van der Waals surface area contributed by atoms with Gasteiger partial charge in [0.15, 0.2) is 0 Å². The molecule has 3 rings (SSSR count). The summed E-state index contributed by atoms with van der Waals surface area (Å²) in [5, 5.41) is 1.14. The number of nitrogens with one attached hydrogen (secondary N) is 1. The Bertz CT molecular complexity index is 685. The van der Waals surface area contributed by atoms with Gasteiger partial charge in [0.25, 0.3) is 0 Å². The number of aromatic nitrogens is 2. The molecule has 0 atom stereocenters. The summed E-state index contributed by atoms with van der Waals surface area (Å²) in [6.45, 7) is 4.95. The van der Waals surface area contributed by atoms with E-state index in [9.17, 15) is 0 Å². The van der Waals surface area contributed by atoms with Gasteiger partial charge in [-0.25, -0.2) is 4.98 Å². The Balaban J connectivity index is 2.07. The van der Waals surface area contributed by atoms with E-state index in [-0.39, 0.29) is 0 Å². The molecule has 0 saturated heterocycles. The van der Waals surface area contributed by atoms with Crippen molar-refractivity contribution in [3.8, 4) is 5.88 Å². The van der Waals surface area contributed by atoms with Crippen LogP contribution in [-0.2, 0) is 0 Å². The van der Waals surface area contributed by atoms with Crippen LogP contribution in [0, 0.1) is 5.92 Å². The molecule has 2 heterocycles. The van der Waals surface area contributed by atoms with Gasteiger partial charge in [-0.3, -0.25) is 0 Å². The highest BCUT2D eigenvalue weighted by Crippen LogP contribution is 2.25. The molecule has 0 fully saturated rings. The molecular weight excluding hydrogens is 224 g/mol. The zero-order chi connectivity index (χ0) is 12.5. The van der Waals surface area contributed by atoms with E-state index in [1.807, 2.05) is 24.3 Å². The second-order valence-electron chi connectivity index (χ2n) is 4.92. The highest BCUT2D eigenvalue weighted by atomic mass is 16.5. The number of nitrogens with zero attached hydrogens (tertiary/aromatic N) is 1. The van der Waals surface area contributed by atoms with Crippen molar-refractivity contribution < 1.29 is 4.74 Å². The molecule has 1 aromatic carbocycles.